The summed E-state index contributed by atoms with van der Waals surface area (Å²) in [5, 5.41) is 17.4. The van der Waals surface area contributed by atoms with Crippen molar-refractivity contribution in [3.05, 3.63) is 89.5 Å². The lowest BCUT2D eigenvalue weighted by atomic mass is 10.00. The first-order valence-electron chi connectivity index (χ1n) is 14.2. The first kappa shape index (κ1) is 30.1. The number of rotatable bonds is 6. The van der Waals surface area contributed by atoms with Crippen molar-refractivity contribution in [2.45, 2.75) is 38.8 Å². The number of likely N-dealkylation sites (tertiary alicyclic amines) is 1. The zero-order valence-electron chi connectivity index (χ0n) is 25.0. The van der Waals surface area contributed by atoms with Gasteiger partial charge in [-0.15, -0.1) is 0 Å². The Hall–Kier alpha value is -5.32. The molecule has 0 unspecified atom stereocenters. The van der Waals surface area contributed by atoms with Gasteiger partial charge < -0.3 is 35.1 Å². The van der Waals surface area contributed by atoms with Crippen molar-refractivity contribution in [3.8, 4) is 5.88 Å². The summed E-state index contributed by atoms with van der Waals surface area (Å²) in [6, 6.07) is 20.9. The molecule has 0 bridgehead atoms. The fourth-order valence-corrected chi connectivity index (χ4v) is 5.00. The van der Waals surface area contributed by atoms with Gasteiger partial charge in [0.25, 0.3) is 0 Å². The van der Waals surface area contributed by atoms with Crippen LogP contribution in [-0.4, -0.2) is 70.6 Å². The predicted octanol–water partition coefficient (Wildman–Crippen LogP) is 5.96. The molecule has 0 saturated carbocycles. The number of ether oxygens (including phenoxy) is 2. The molecule has 5 rings (SSSR count). The summed E-state index contributed by atoms with van der Waals surface area (Å²) in [6.07, 6.45) is 0.243. The number of hydrogen-bond acceptors (Lipinski definition) is 7. The van der Waals surface area contributed by atoms with E-state index in [9.17, 15) is 19.5 Å². The minimum absolute atomic E-state index is 0.0864. The van der Waals surface area contributed by atoms with Crippen LogP contribution in [0.3, 0.4) is 0 Å². The van der Waals surface area contributed by atoms with Gasteiger partial charge >= 0.3 is 18.1 Å². The van der Waals surface area contributed by atoms with Crippen LogP contribution in [-0.2, 0) is 9.47 Å². The number of nitrogens with zero attached hydrogens (tertiary/aromatic N) is 2. The van der Waals surface area contributed by atoms with Crippen molar-refractivity contribution in [2.75, 3.05) is 25.5 Å². The number of urea groups is 1. The molecule has 1 fully saturated rings. The van der Waals surface area contributed by atoms with Crippen molar-refractivity contribution in [3.63, 3.8) is 0 Å². The van der Waals surface area contributed by atoms with Crippen molar-refractivity contribution in [1.29, 1.82) is 0 Å². The van der Waals surface area contributed by atoms with E-state index in [1.54, 1.807) is 47.4 Å². The van der Waals surface area contributed by atoms with Gasteiger partial charge in [-0.25, -0.2) is 19.4 Å². The number of aromatic nitrogens is 1. The Balaban J connectivity index is 1.32. The third-order valence-corrected chi connectivity index (χ3v) is 7.03. The molecule has 1 aromatic heterocycles. The Labute approximate surface area is 254 Å². The molecule has 0 radical (unpaired) electrons. The number of aliphatic imine (C=N–C) groups is 1. The molecular formula is C33H35N5O6. The number of anilines is 1. The van der Waals surface area contributed by atoms with Gasteiger partial charge in [0.2, 0.25) is 0 Å². The summed E-state index contributed by atoms with van der Waals surface area (Å²) < 4.78 is 10.2. The fraction of sp³-hybridized carbons (Fsp3) is 0.273. The molecule has 11 nitrogen and oxygen atoms in total. The van der Waals surface area contributed by atoms with E-state index in [1.807, 2.05) is 51.1 Å². The SMILES string of the molecule is COC(=O)c1ccc2c(C(=Nc3ccc(NC(=O)N[C@@H]4CCN(C(=O)OC(C)(C)C)C4)cc3)c3ccccc3)c(O)[nH]c2c1. The van der Waals surface area contributed by atoms with E-state index in [-0.39, 0.29) is 24.0 Å². The van der Waals surface area contributed by atoms with Gasteiger partial charge in [-0.05, 0) is 63.6 Å². The summed E-state index contributed by atoms with van der Waals surface area (Å²) in [7, 11) is 1.31. The number of carbonyl (C=O) groups excluding carboxylic acids is 3. The fourth-order valence-electron chi connectivity index (χ4n) is 5.00. The smallest absolute Gasteiger partial charge is 0.410 e. The van der Waals surface area contributed by atoms with Crippen LogP contribution in [0.25, 0.3) is 10.9 Å². The second-order valence-corrected chi connectivity index (χ2v) is 11.5. The van der Waals surface area contributed by atoms with Crippen LogP contribution in [0.15, 0.2) is 77.8 Å². The van der Waals surface area contributed by atoms with Crippen molar-refractivity contribution in [1.82, 2.24) is 15.2 Å². The molecule has 4 aromatic rings. The first-order valence-corrected chi connectivity index (χ1v) is 14.2. The summed E-state index contributed by atoms with van der Waals surface area (Å²) in [6.45, 7) is 6.34. The zero-order chi connectivity index (χ0) is 31.4. The molecule has 3 aromatic carbocycles. The van der Waals surface area contributed by atoms with Crippen LogP contribution < -0.4 is 10.6 Å². The van der Waals surface area contributed by atoms with E-state index in [4.69, 9.17) is 14.5 Å². The molecule has 1 saturated heterocycles. The number of aromatic amines is 1. The van der Waals surface area contributed by atoms with Gasteiger partial charge in [0.05, 0.1) is 29.6 Å². The normalized spacial score (nSPS) is 15.2. The highest BCUT2D eigenvalue weighted by Crippen LogP contribution is 2.32. The Morgan fingerprint density at radius 3 is 2.41 bits per heavy atom. The van der Waals surface area contributed by atoms with Gasteiger partial charge in [-0.2, -0.15) is 0 Å². The van der Waals surface area contributed by atoms with Gasteiger partial charge in [0.1, 0.15) is 5.60 Å². The second kappa shape index (κ2) is 12.5. The number of methoxy groups -OCH3 is 1. The van der Waals surface area contributed by atoms with Crippen molar-refractivity contribution < 1.29 is 29.0 Å². The second-order valence-electron chi connectivity index (χ2n) is 11.5. The lowest BCUT2D eigenvalue weighted by molar-refractivity contribution is 0.0291. The highest BCUT2D eigenvalue weighted by Gasteiger charge is 2.30. The lowest BCUT2D eigenvalue weighted by Crippen LogP contribution is -2.41. The molecule has 0 aliphatic carbocycles. The number of amides is 3. The highest BCUT2D eigenvalue weighted by atomic mass is 16.6. The van der Waals surface area contributed by atoms with Crippen LogP contribution in [0.4, 0.5) is 21.0 Å². The lowest BCUT2D eigenvalue weighted by Gasteiger charge is -2.24. The highest BCUT2D eigenvalue weighted by molar-refractivity contribution is 6.22. The third kappa shape index (κ3) is 7.00. The van der Waals surface area contributed by atoms with Crippen LogP contribution in [0.1, 0.15) is 48.7 Å². The Bertz CT molecular complexity index is 1710. The largest absolute Gasteiger partial charge is 0.494 e. The van der Waals surface area contributed by atoms with Gasteiger partial charge in [-0.1, -0.05) is 36.4 Å². The van der Waals surface area contributed by atoms with Crippen molar-refractivity contribution in [2.24, 2.45) is 4.99 Å². The van der Waals surface area contributed by atoms with Gasteiger partial charge in [0.15, 0.2) is 5.88 Å². The number of hydrogen-bond donors (Lipinski definition) is 4. The number of H-pyrrole nitrogens is 1. The van der Waals surface area contributed by atoms with E-state index in [0.717, 1.165) is 5.56 Å². The number of benzene rings is 3. The molecule has 1 aliphatic heterocycles. The van der Waals surface area contributed by atoms with Gasteiger partial charge in [0, 0.05) is 41.3 Å². The number of nitrogens with one attached hydrogen (secondary N) is 3. The minimum atomic E-state index is -0.580. The van der Waals surface area contributed by atoms with E-state index in [0.29, 0.717) is 58.6 Å². The molecule has 2 heterocycles. The molecule has 11 heteroatoms. The molecule has 0 spiro atoms. The van der Waals surface area contributed by atoms with Crippen LogP contribution in [0.5, 0.6) is 5.88 Å². The maximum absolute atomic E-state index is 12.7. The summed E-state index contributed by atoms with van der Waals surface area (Å²) in [5.74, 6) is -0.565. The predicted molar refractivity (Wildman–Crippen MR) is 168 cm³/mol. The average molecular weight is 598 g/mol. The number of aromatic hydroxyl groups is 1. The quantitative estimate of drug-likeness (QED) is 0.159. The Morgan fingerprint density at radius 2 is 1.73 bits per heavy atom. The number of carbonyl (C=O) groups is 3. The topological polar surface area (TPSA) is 145 Å². The molecule has 3 amide bonds. The van der Waals surface area contributed by atoms with E-state index >= 15 is 0 Å². The number of fused-ring (bicyclic) bond motifs is 1. The van der Waals surface area contributed by atoms with Crippen LogP contribution in [0, 0.1) is 0 Å². The maximum atomic E-state index is 12.7. The summed E-state index contributed by atoms with van der Waals surface area (Å²) >= 11 is 0. The van der Waals surface area contributed by atoms with Crippen molar-refractivity contribution >= 4 is 46.1 Å². The van der Waals surface area contributed by atoms with Gasteiger partial charge in [-0.3, -0.25) is 0 Å². The summed E-state index contributed by atoms with van der Waals surface area (Å²) in [5.41, 5.74) is 3.28. The Kier molecular flexibility index (Phi) is 8.57. The standard InChI is InChI=1S/C33H35N5O6/c1-33(2,3)44-32(42)38-17-16-24(19-38)36-31(41)35-23-13-11-22(12-14-23)34-28(20-8-6-5-7-9-20)27-25-15-10-21(30(40)43-4)18-26(25)37-29(27)39/h5-15,18,24,37,39H,16-17,19H2,1-4H3,(H2,35,36,41)/t24-/m1/s1. The minimum Gasteiger partial charge on any atom is -0.494 e. The molecule has 4 N–H and O–H groups in total. The Morgan fingerprint density at radius 1 is 1.00 bits per heavy atom. The van der Waals surface area contributed by atoms with Crippen LogP contribution >= 0.6 is 0 Å². The maximum Gasteiger partial charge on any atom is 0.410 e. The average Bonchev–Trinajstić information content (AvgIpc) is 3.59. The van der Waals surface area contributed by atoms with E-state index in [2.05, 4.69) is 15.6 Å². The molecule has 1 aliphatic rings. The van der Waals surface area contributed by atoms with E-state index in [1.165, 1.54) is 7.11 Å². The molecule has 228 valence electrons. The number of esters is 1. The van der Waals surface area contributed by atoms with Crippen LogP contribution in [0.2, 0.25) is 0 Å². The van der Waals surface area contributed by atoms with E-state index < -0.39 is 11.6 Å². The molecule has 44 heavy (non-hydrogen) atoms. The molecular weight excluding hydrogens is 562 g/mol. The molecule has 1 atom stereocenters. The monoisotopic (exact) mass is 597 g/mol. The zero-order valence-corrected chi connectivity index (χ0v) is 25.0. The summed E-state index contributed by atoms with van der Waals surface area (Å²) in [4.78, 5) is 46.5. The first-order chi connectivity index (χ1) is 21.0. The third-order valence-electron chi connectivity index (χ3n) is 7.03.